The molecule has 0 nitrogen and oxygen atoms in total. The molecule has 0 amide bonds. The van der Waals surface area contributed by atoms with Gasteiger partial charge in [-0.2, -0.15) is 0 Å². The normalized spacial score (nSPS) is 13.7. The second kappa shape index (κ2) is 6.36. The molecule has 0 heterocycles. The van der Waals surface area contributed by atoms with Gasteiger partial charge >= 0.3 is 0 Å². The number of hydrogen-bond acceptors (Lipinski definition) is 0. The molecule has 0 aliphatic carbocycles. The molecule has 0 aliphatic rings. The lowest BCUT2D eigenvalue weighted by atomic mass is 10.2. The Kier molecular flexibility index (Phi) is 7.08. The second-order valence-electron chi connectivity index (χ2n) is 3.96. The summed E-state index contributed by atoms with van der Waals surface area (Å²) in [4.78, 5) is 0. The maximum Gasteiger partial charge on any atom is 0.251 e. The van der Waals surface area contributed by atoms with Gasteiger partial charge in [0.25, 0.3) is 13.4 Å². The molecule has 0 rings (SSSR count). The lowest BCUT2D eigenvalue weighted by molar-refractivity contribution is 0.683. The maximum atomic E-state index is 6.23. The van der Waals surface area contributed by atoms with Crippen molar-refractivity contribution in [2.75, 3.05) is 0 Å². The van der Waals surface area contributed by atoms with Crippen molar-refractivity contribution in [2.45, 2.75) is 50.9 Å². The third-order valence-corrected chi connectivity index (χ3v) is 14.2. The van der Waals surface area contributed by atoms with E-state index in [1.54, 1.807) is 0 Å². The Labute approximate surface area is 108 Å². The van der Waals surface area contributed by atoms with E-state index in [9.17, 15) is 0 Å². The number of unbranched alkanes of at least 4 members (excludes halogenated alkanes) is 2. The topological polar surface area (TPSA) is 0 Å². The predicted molar refractivity (Wildman–Crippen MR) is 74.5 cm³/mol. The Balaban J connectivity index is 4.28. The van der Waals surface area contributed by atoms with Gasteiger partial charge in [0.2, 0.25) is 0 Å². The Hall–Kier alpha value is 1.59. The van der Waals surface area contributed by atoms with Gasteiger partial charge in [0.1, 0.15) is 0 Å². The van der Waals surface area contributed by atoms with Crippen LogP contribution in [0, 0.1) is 0 Å². The average Bonchev–Trinajstić information content (AvgIpc) is 1.92. The van der Waals surface area contributed by atoms with Gasteiger partial charge in [-0.15, -0.1) is 44.3 Å². The fourth-order valence-corrected chi connectivity index (χ4v) is 17.7. The summed E-state index contributed by atoms with van der Waals surface area (Å²) in [5.74, 6) is 0. The molecule has 0 fully saturated rings. The Morgan fingerprint density at radius 1 is 0.929 bits per heavy atom. The van der Waals surface area contributed by atoms with Crippen LogP contribution in [0.4, 0.5) is 0 Å². The minimum Gasteiger partial charge on any atom is -0.146 e. The largest absolute Gasteiger partial charge is 0.251 e. The van der Waals surface area contributed by atoms with E-state index in [1.165, 1.54) is 12.8 Å². The number of rotatable bonds is 6. The Bertz CT molecular complexity index is 148. The van der Waals surface area contributed by atoms with E-state index in [0.717, 1.165) is 12.8 Å². The van der Waals surface area contributed by atoms with Crippen molar-refractivity contribution < 1.29 is 0 Å². The van der Waals surface area contributed by atoms with Gasteiger partial charge in [-0.05, 0) is 13.1 Å². The molecular weight excluding hydrogens is 294 g/mol. The monoisotopic (exact) mass is 310 g/mol. The molecule has 0 spiro atoms. The van der Waals surface area contributed by atoms with Crippen LogP contribution in [0.5, 0.6) is 0 Å². The van der Waals surface area contributed by atoms with Crippen LogP contribution in [0.15, 0.2) is 0 Å². The molecule has 86 valence electrons. The van der Waals surface area contributed by atoms with Crippen LogP contribution in [0.25, 0.3) is 0 Å². The highest BCUT2D eigenvalue weighted by molar-refractivity contribution is 7.56. The summed E-state index contributed by atoms with van der Waals surface area (Å²) in [6.45, 7) is 1.55. The van der Waals surface area contributed by atoms with Gasteiger partial charge in [0.15, 0.2) is 0 Å². The minimum atomic E-state index is -2.23. The van der Waals surface area contributed by atoms with Gasteiger partial charge < -0.3 is 0 Å². The molecule has 14 heavy (non-hydrogen) atoms. The van der Waals surface area contributed by atoms with Crippen molar-refractivity contribution in [2.24, 2.45) is 0 Å². The molecule has 0 unspecified atom stereocenters. The third kappa shape index (κ3) is 6.24. The van der Waals surface area contributed by atoms with E-state index in [1.807, 2.05) is 13.1 Å². The predicted octanol–water partition coefficient (Wildman–Crippen LogP) is 5.58. The maximum absolute atomic E-state index is 6.23. The second-order valence-corrected chi connectivity index (χ2v) is 20.3. The molecule has 0 aromatic carbocycles. The van der Waals surface area contributed by atoms with Crippen LogP contribution in [0.1, 0.15) is 32.6 Å². The van der Waals surface area contributed by atoms with E-state index < -0.39 is 13.4 Å². The highest BCUT2D eigenvalue weighted by atomic mass is 35.7. The first-order valence-corrected chi connectivity index (χ1v) is 14.2. The molecule has 0 N–H and O–H groups in total. The van der Waals surface area contributed by atoms with Crippen LogP contribution in [0.2, 0.25) is 18.3 Å². The Morgan fingerprint density at radius 2 is 1.36 bits per heavy atom. The summed E-state index contributed by atoms with van der Waals surface area (Å²) in [5.41, 5.74) is 0. The lowest BCUT2D eigenvalue weighted by Gasteiger charge is -2.30. The van der Waals surface area contributed by atoms with Crippen LogP contribution in [0.3, 0.4) is 0 Å². The third-order valence-electron chi connectivity index (χ3n) is 2.32. The minimum absolute atomic E-state index is 0.174. The molecule has 0 bridgehead atoms. The molecular formula is C8H18Cl4Si2. The molecule has 0 saturated carbocycles. The van der Waals surface area contributed by atoms with Gasteiger partial charge in [0.05, 0.1) is 0 Å². The zero-order chi connectivity index (χ0) is 11.4. The first kappa shape index (κ1) is 15.6. The summed E-state index contributed by atoms with van der Waals surface area (Å²) >= 11 is 24.9. The first-order chi connectivity index (χ1) is 6.19. The smallest absolute Gasteiger partial charge is 0.146 e. The van der Waals surface area contributed by atoms with Gasteiger partial charge in [-0.3, -0.25) is 0 Å². The molecule has 0 aromatic heterocycles. The highest BCUT2D eigenvalue weighted by Crippen LogP contribution is 2.44. The van der Waals surface area contributed by atoms with Crippen molar-refractivity contribution >= 4 is 57.7 Å². The Morgan fingerprint density at radius 3 is 1.64 bits per heavy atom. The van der Waals surface area contributed by atoms with Gasteiger partial charge in [-0.25, -0.2) is 0 Å². The zero-order valence-electron chi connectivity index (χ0n) is 8.92. The van der Waals surface area contributed by atoms with Crippen LogP contribution in [-0.2, 0) is 0 Å². The standard InChI is InChI=1S/C8H18Cl4Si2/c1-4-5-6-7-8(13(2,9)10)14(3,11)12/h8H,4-7H2,1-3H3. The van der Waals surface area contributed by atoms with Crippen LogP contribution in [-0.4, -0.2) is 13.4 Å². The summed E-state index contributed by atoms with van der Waals surface area (Å²) in [6.07, 6.45) is 4.51. The van der Waals surface area contributed by atoms with E-state index in [0.29, 0.717) is 0 Å². The van der Waals surface area contributed by atoms with Crippen LogP contribution < -0.4 is 0 Å². The fraction of sp³-hybridized carbons (Fsp3) is 1.00. The zero-order valence-corrected chi connectivity index (χ0v) is 13.9. The fourth-order valence-electron chi connectivity index (χ4n) is 1.55. The summed E-state index contributed by atoms with van der Waals surface area (Å²) < 4.78 is 0. The highest BCUT2D eigenvalue weighted by Gasteiger charge is 2.46. The van der Waals surface area contributed by atoms with E-state index >= 15 is 0 Å². The van der Waals surface area contributed by atoms with Crippen molar-refractivity contribution in [1.29, 1.82) is 0 Å². The molecule has 0 aliphatic heterocycles. The summed E-state index contributed by atoms with van der Waals surface area (Å²) in [6, 6.07) is 0. The van der Waals surface area contributed by atoms with E-state index in [4.69, 9.17) is 44.3 Å². The average molecular weight is 312 g/mol. The number of hydrogen-bond donors (Lipinski definition) is 0. The molecule has 0 radical (unpaired) electrons. The van der Waals surface area contributed by atoms with Crippen molar-refractivity contribution in [3.05, 3.63) is 0 Å². The summed E-state index contributed by atoms with van der Waals surface area (Å²) in [5, 5.41) is 0.174. The summed E-state index contributed by atoms with van der Waals surface area (Å²) in [7, 11) is 0. The van der Waals surface area contributed by atoms with Crippen molar-refractivity contribution in [1.82, 2.24) is 0 Å². The van der Waals surface area contributed by atoms with Crippen LogP contribution >= 0.6 is 44.3 Å². The quantitative estimate of drug-likeness (QED) is 0.341. The van der Waals surface area contributed by atoms with Gasteiger partial charge in [0, 0.05) is 5.16 Å². The van der Waals surface area contributed by atoms with E-state index in [-0.39, 0.29) is 5.16 Å². The van der Waals surface area contributed by atoms with Gasteiger partial charge in [-0.1, -0.05) is 32.6 Å². The molecule has 0 saturated heterocycles. The van der Waals surface area contributed by atoms with Crippen molar-refractivity contribution in [3.8, 4) is 0 Å². The molecule has 6 heteroatoms. The first-order valence-electron chi connectivity index (χ1n) is 4.95. The molecule has 0 aromatic rings. The lowest BCUT2D eigenvalue weighted by Crippen LogP contribution is -2.37. The SMILES string of the molecule is CCCCCC([Si](C)(Cl)Cl)[Si](C)(Cl)Cl. The van der Waals surface area contributed by atoms with E-state index in [2.05, 4.69) is 6.92 Å². The van der Waals surface area contributed by atoms with Crippen molar-refractivity contribution in [3.63, 3.8) is 0 Å². The number of halogens is 4. The molecule has 0 atom stereocenters.